The molecule has 0 aromatic carbocycles. The van der Waals surface area contributed by atoms with Crippen molar-refractivity contribution in [1.82, 2.24) is 0 Å². The van der Waals surface area contributed by atoms with Crippen molar-refractivity contribution in [2.45, 2.75) is 25.6 Å². The molecule has 112 valence electrons. The van der Waals surface area contributed by atoms with Gasteiger partial charge in [-0.15, -0.1) is 0 Å². The van der Waals surface area contributed by atoms with E-state index in [9.17, 15) is 22.8 Å². The Labute approximate surface area is 111 Å². The highest BCUT2D eigenvalue weighted by Gasteiger charge is 2.38. The zero-order chi connectivity index (χ0) is 15.6. The fraction of sp³-hybridized carbons (Fsp3) is 0.667. The number of thioether (sulfide) groups is 1. The quantitative estimate of drug-likeness (QED) is 0.660. The van der Waals surface area contributed by atoms with Gasteiger partial charge in [0.1, 0.15) is 0 Å². The van der Waals surface area contributed by atoms with Crippen LogP contribution in [0.1, 0.15) is 13.3 Å². The topological polar surface area (TPSA) is 123 Å². The van der Waals surface area contributed by atoms with Crippen LogP contribution in [0.25, 0.3) is 0 Å². The van der Waals surface area contributed by atoms with Gasteiger partial charge in [0.15, 0.2) is 10.9 Å². The van der Waals surface area contributed by atoms with Crippen LogP contribution >= 0.6 is 11.8 Å². The highest BCUT2D eigenvalue weighted by Crippen LogP contribution is 2.13. The van der Waals surface area contributed by atoms with Crippen LogP contribution in [-0.2, 0) is 14.4 Å². The highest BCUT2D eigenvalue weighted by atomic mass is 32.2. The van der Waals surface area contributed by atoms with E-state index in [-0.39, 0.29) is 17.4 Å². The minimum Gasteiger partial charge on any atom is -0.475 e. The Kier molecular flexibility index (Phi) is 10.4. The lowest BCUT2D eigenvalue weighted by Gasteiger charge is -2.05. The van der Waals surface area contributed by atoms with Crippen molar-refractivity contribution in [3.05, 3.63) is 0 Å². The maximum Gasteiger partial charge on any atom is 0.490 e. The number of halogens is 3. The van der Waals surface area contributed by atoms with E-state index in [0.717, 1.165) is 11.8 Å². The minimum absolute atomic E-state index is 0.0177. The number of hydrogen-bond acceptors (Lipinski definition) is 6. The van der Waals surface area contributed by atoms with E-state index in [2.05, 4.69) is 0 Å². The number of carbonyl (C=O) groups excluding carboxylic acids is 2. The van der Waals surface area contributed by atoms with Crippen LogP contribution in [0.4, 0.5) is 13.2 Å². The van der Waals surface area contributed by atoms with Crippen LogP contribution < -0.4 is 11.5 Å². The molecule has 0 aliphatic carbocycles. The second-order valence-electron chi connectivity index (χ2n) is 3.20. The molecule has 1 atom stereocenters. The summed E-state index contributed by atoms with van der Waals surface area (Å²) in [5.41, 5.74) is 10.5. The van der Waals surface area contributed by atoms with Gasteiger partial charge >= 0.3 is 12.1 Å². The van der Waals surface area contributed by atoms with Gasteiger partial charge in [-0.25, -0.2) is 4.79 Å². The third-order valence-corrected chi connectivity index (χ3v) is 2.38. The van der Waals surface area contributed by atoms with Crippen molar-refractivity contribution in [1.29, 1.82) is 0 Å². The van der Waals surface area contributed by atoms with Gasteiger partial charge in [-0.05, 0) is 0 Å². The lowest BCUT2D eigenvalue weighted by atomic mass is 10.1. The standard InChI is InChI=1S/C7H14N2O2S.C2HF3O2/c1-5(10)12-3-2-7(11)6(9)4-8;3-2(4,5)1(6)7/h6H,2-4,8-9H2,1H3;(H,6,7). The average molecular weight is 304 g/mol. The lowest BCUT2D eigenvalue weighted by Crippen LogP contribution is -2.37. The summed E-state index contributed by atoms with van der Waals surface area (Å²) in [6.45, 7) is 1.64. The Bertz CT molecular complexity index is 323. The third kappa shape index (κ3) is 13.1. The summed E-state index contributed by atoms with van der Waals surface area (Å²) in [5.74, 6) is -2.33. The maximum absolute atomic E-state index is 11.0. The number of hydrogen-bond donors (Lipinski definition) is 3. The molecule has 0 aromatic rings. The molecule has 0 radical (unpaired) electrons. The molecule has 0 fully saturated rings. The van der Waals surface area contributed by atoms with Crippen LogP contribution in [0, 0.1) is 0 Å². The predicted octanol–water partition coefficient (Wildman–Crippen LogP) is 0.145. The molecule has 0 saturated heterocycles. The summed E-state index contributed by atoms with van der Waals surface area (Å²) in [6.07, 6.45) is -4.76. The number of nitrogens with two attached hydrogens (primary N) is 2. The molecule has 0 heterocycles. The molecule has 1 unspecified atom stereocenters. The van der Waals surface area contributed by atoms with Gasteiger partial charge in [0.05, 0.1) is 6.04 Å². The zero-order valence-corrected chi connectivity index (χ0v) is 10.9. The summed E-state index contributed by atoms with van der Waals surface area (Å²) in [5, 5.41) is 7.14. The molecule has 19 heavy (non-hydrogen) atoms. The van der Waals surface area contributed by atoms with Gasteiger partial charge in [-0.1, -0.05) is 11.8 Å². The molecule has 0 rings (SSSR count). The van der Waals surface area contributed by atoms with Crippen molar-refractivity contribution >= 4 is 28.6 Å². The Morgan fingerprint density at radius 3 is 2.00 bits per heavy atom. The first-order chi connectivity index (χ1) is 8.52. The van der Waals surface area contributed by atoms with Gasteiger partial charge < -0.3 is 16.6 Å². The molecular formula is C9H15F3N2O4S. The normalized spacial score (nSPS) is 12.1. The van der Waals surface area contributed by atoms with Crippen molar-refractivity contribution in [2.24, 2.45) is 11.5 Å². The Balaban J connectivity index is 0. The SMILES string of the molecule is CC(=O)SCCC(=O)C(N)CN.O=C(O)C(F)(F)F. The number of ketones is 1. The number of rotatable bonds is 5. The number of carboxylic acid groups (broad SMARTS) is 1. The summed E-state index contributed by atoms with van der Waals surface area (Å²) in [4.78, 5) is 30.4. The molecule has 0 aliphatic heterocycles. The fourth-order valence-corrected chi connectivity index (χ4v) is 1.20. The van der Waals surface area contributed by atoms with E-state index in [1.165, 1.54) is 6.92 Å². The molecule has 0 aliphatic rings. The van der Waals surface area contributed by atoms with Crippen molar-refractivity contribution < 1.29 is 32.7 Å². The number of alkyl halides is 3. The summed E-state index contributed by atoms with van der Waals surface area (Å²) < 4.78 is 31.7. The molecule has 10 heteroatoms. The van der Waals surface area contributed by atoms with Crippen molar-refractivity contribution in [3.8, 4) is 0 Å². The van der Waals surface area contributed by atoms with E-state index in [0.29, 0.717) is 12.2 Å². The molecule has 0 aromatic heterocycles. The monoisotopic (exact) mass is 304 g/mol. The molecule has 5 N–H and O–H groups in total. The summed E-state index contributed by atoms with van der Waals surface area (Å²) in [6, 6.07) is -0.572. The molecule has 0 bridgehead atoms. The fourth-order valence-electron chi connectivity index (χ4n) is 0.612. The van der Waals surface area contributed by atoms with Gasteiger partial charge in [0, 0.05) is 25.6 Å². The molecule has 0 saturated carbocycles. The van der Waals surface area contributed by atoms with Gasteiger partial charge in [-0.2, -0.15) is 13.2 Å². The molecule has 0 amide bonds. The average Bonchev–Trinajstić information content (AvgIpc) is 2.26. The van der Waals surface area contributed by atoms with Gasteiger partial charge in [0.2, 0.25) is 0 Å². The first-order valence-electron chi connectivity index (χ1n) is 4.94. The predicted molar refractivity (Wildman–Crippen MR) is 63.5 cm³/mol. The van der Waals surface area contributed by atoms with E-state index in [1.807, 2.05) is 0 Å². The molecule has 0 spiro atoms. The van der Waals surface area contributed by atoms with E-state index < -0.39 is 18.2 Å². The largest absolute Gasteiger partial charge is 0.490 e. The Morgan fingerprint density at radius 2 is 1.74 bits per heavy atom. The van der Waals surface area contributed by atoms with Crippen molar-refractivity contribution in [3.63, 3.8) is 0 Å². The minimum atomic E-state index is -5.08. The van der Waals surface area contributed by atoms with E-state index in [4.69, 9.17) is 21.4 Å². The van der Waals surface area contributed by atoms with Crippen LogP contribution in [0.5, 0.6) is 0 Å². The number of carboxylic acids is 1. The van der Waals surface area contributed by atoms with Crippen LogP contribution in [0.2, 0.25) is 0 Å². The molecular weight excluding hydrogens is 289 g/mol. The maximum atomic E-state index is 11.0. The number of aliphatic carboxylic acids is 1. The Hall–Kier alpha value is -1.13. The first-order valence-corrected chi connectivity index (χ1v) is 5.92. The van der Waals surface area contributed by atoms with Crippen LogP contribution in [0.15, 0.2) is 0 Å². The van der Waals surface area contributed by atoms with E-state index in [1.54, 1.807) is 0 Å². The first kappa shape index (κ1) is 20.2. The van der Waals surface area contributed by atoms with E-state index >= 15 is 0 Å². The second kappa shape index (κ2) is 9.75. The smallest absolute Gasteiger partial charge is 0.475 e. The van der Waals surface area contributed by atoms with Crippen molar-refractivity contribution in [2.75, 3.05) is 12.3 Å². The number of carbonyl (C=O) groups is 3. The van der Waals surface area contributed by atoms with Crippen LogP contribution in [-0.4, -0.2) is 46.5 Å². The summed E-state index contributed by atoms with van der Waals surface area (Å²) in [7, 11) is 0. The molecule has 6 nitrogen and oxygen atoms in total. The summed E-state index contributed by atoms with van der Waals surface area (Å²) >= 11 is 1.13. The zero-order valence-electron chi connectivity index (χ0n) is 10.1. The number of Topliss-reactive ketones (excluding diaryl/α,β-unsaturated/α-hetero) is 1. The highest BCUT2D eigenvalue weighted by molar-refractivity contribution is 8.13. The Morgan fingerprint density at radius 1 is 1.32 bits per heavy atom. The van der Waals surface area contributed by atoms with Gasteiger partial charge in [0.25, 0.3) is 0 Å². The third-order valence-electron chi connectivity index (χ3n) is 1.56. The van der Waals surface area contributed by atoms with Crippen LogP contribution in [0.3, 0.4) is 0 Å². The second-order valence-corrected chi connectivity index (χ2v) is 4.47. The van der Waals surface area contributed by atoms with Gasteiger partial charge in [-0.3, -0.25) is 9.59 Å². The lowest BCUT2D eigenvalue weighted by molar-refractivity contribution is -0.192.